The van der Waals surface area contributed by atoms with Gasteiger partial charge in [-0.1, -0.05) is 12.1 Å². The predicted molar refractivity (Wildman–Crippen MR) is 215 cm³/mol. The Kier molecular flexibility index (Phi) is 14.2. The summed E-state index contributed by atoms with van der Waals surface area (Å²) in [7, 11) is 0. The van der Waals surface area contributed by atoms with Gasteiger partial charge in [-0.2, -0.15) is 22.7 Å². The number of benzene rings is 2. The van der Waals surface area contributed by atoms with Crippen LogP contribution in [-0.4, -0.2) is 98.5 Å². The van der Waals surface area contributed by atoms with Crippen molar-refractivity contribution in [1.82, 2.24) is 24.3 Å². The number of imide groups is 2. The van der Waals surface area contributed by atoms with Crippen LogP contribution in [0.15, 0.2) is 47.4 Å². The Bertz CT molecular complexity index is 1910. The van der Waals surface area contributed by atoms with Crippen molar-refractivity contribution >= 4 is 59.7 Å². The van der Waals surface area contributed by atoms with Crippen molar-refractivity contribution < 1.29 is 37.1 Å². The van der Waals surface area contributed by atoms with Crippen molar-refractivity contribution in [3.63, 3.8) is 0 Å². The molecule has 1 unspecified atom stereocenters. The molecule has 2 aromatic carbocycles. The number of piperazine rings is 1. The number of alkyl halides is 3. The maximum absolute atomic E-state index is 13.6. The van der Waals surface area contributed by atoms with E-state index in [1.165, 1.54) is 6.07 Å². The third-order valence-corrected chi connectivity index (χ3v) is 12.9. The van der Waals surface area contributed by atoms with Crippen LogP contribution in [0.3, 0.4) is 0 Å². The first kappa shape index (κ1) is 44.9. The Morgan fingerprint density at radius 3 is 2.24 bits per heavy atom. The normalized spacial score (nSPS) is 25.6. The van der Waals surface area contributed by atoms with Gasteiger partial charge in [0.1, 0.15) is 5.54 Å². The molecule has 2 N–H and O–H groups in total. The van der Waals surface area contributed by atoms with Crippen LogP contribution in [0.1, 0.15) is 102 Å². The smallest absolute Gasteiger partial charge is 0.325 e. The molecular formula is C41H51ClF3N7O5S. The Hall–Kier alpha value is -4.17. The molecule has 0 aromatic heterocycles. The third kappa shape index (κ3) is 9.98. The van der Waals surface area contributed by atoms with Gasteiger partial charge in [0.05, 0.1) is 29.7 Å². The fourth-order valence-corrected chi connectivity index (χ4v) is 9.90. The van der Waals surface area contributed by atoms with Gasteiger partial charge in [-0.25, -0.2) is 4.79 Å². The van der Waals surface area contributed by atoms with Crippen LogP contribution in [-0.2, 0) is 25.4 Å². The second-order valence-corrected chi connectivity index (χ2v) is 17.4. The number of urea groups is 1. The molecule has 0 spiro atoms. The molecule has 0 radical (unpaired) electrons. The summed E-state index contributed by atoms with van der Waals surface area (Å²) in [6.45, 7) is 10.5. The van der Waals surface area contributed by atoms with Crippen LogP contribution >= 0.6 is 24.4 Å². The van der Waals surface area contributed by atoms with Gasteiger partial charge in [0, 0.05) is 48.2 Å². The predicted octanol–water partition coefficient (Wildman–Crippen LogP) is 6.94. The lowest BCUT2D eigenvalue weighted by molar-refractivity contribution is -0.138. The molecule has 3 heterocycles. The lowest BCUT2D eigenvalue weighted by atomic mass is 9.81. The Morgan fingerprint density at radius 1 is 0.983 bits per heavy atom. The van der Waals surface area contributed by atoms with Crippen molar-refractivity contribution in [2.24, 2.45) is 5.92 Å². The molecule has 58 heavy (non-hydrogen) atoms. The maximum Gasteiger partial charge on any atom is 0.417 e. The minimum absolute atomic E-state index is 0. The zero-order valence-electron chi connectivity index (χ0n) is 33.1. The summed E-state index contributed by atoms with van der Waals surface area (Å²) in [6, 6.07) is 11.6. The van der Waals surface area contributed by atoms with E-state index >= 15 is 0 Å². The van der Waals surface area contributed by atoms with Crippen LogP contribution in [0, 0.1) is 17.2 Å². The topological polar surface area (TPSA) is 146 Å². The number of carbonyl (C=O) groups is 5. The molecule has 4 aliphatic rings. The molecule has 3 aliphatic heterocycles. The number of carbonyl (C=O) groups excluding carboxylic acids is 5. The average molecular weight is 846 g/mol. The molecule has 0 bridgehead atoms. The molecule has 1 saturated carbocycles. The number of hydrogen-bond acceptors (Lipinski definition) is 9. The number of halogens is 4. The fourth-order valence-electron chi connectivity index (χ4n) is 8.92. The highest BCUT2D eigenvalue weighted by Gasteiger charge is 2.54. The van der Waals surface area contributed by atoms with Crippen LogP contribution in [0.2, 0.25) is 0 Å². The third-order valence-electron chi connectivity index (χ3n) is 11.9. The first-order chi connectivity index (χ1) is 27.0. The van der Waals surface area contributed by atoms with E-state index in [4.69, 9.17) is 5.26 Å². The van der Waals surface area contributed by atoms with E-state index in [0.29, 0.717) is 36.4 Å². The van der Waals surface area contributed by atoms with E-state index in [9.17, 15) is 37.1 Å². The quantitative estimate of drug-likeness (QED) is 0.140. The summed E-state index contributed by atoms with van der Waals surface area (Å²) in [5, 5.41) is 14.5. The Morgan fingerprint density at radius 2 is 1.64 bits per heavy atom. The summed E-state index contributed by atoms with van der Waals surface area (Å²) in [5.74, 6) is -1.02. The van der Waals surface area contributed by atoms with Gasteiger partial charge in [0.2, 0.25) is 17.7 Å². The molecule has 3 atom stereocenters. The summed E-state index contributed by atoms with van der Waals surface area (Å²) < 4.78 is 41.7. The maximum atomic E-state index is 13.6. The van der Waals surface area contributed by atoms with E-state index in [1.54, 1.807) is 36.9 Å². The highest BCUT2D eigenvalue weighted by atomic mass is 35.5. The average Bonchev–Trinajstić information content (AvgIpc) is 3.32. The first-order valence-electron chi connectivity index (χ1n) is 19.6. The van der Waals surface area contributed by atoms with E-state index in [1.807, 2.05) is 12.1 Å². The second-order valence-electron chi connectivity index (χ2n) is 16.3. The number of amides is 6. The Balaban J connectivity index is 0.00000641. The largest absolute Gasteiger partial charge is 0.417 e. The minimum atomic E-state index is -4.75. The number of anilines is 1. The van der Waals surface area contributed by atoms with E-state index < -0.39 is 34.8 Å². The zero-order valence-corrected chi connectivity index (χ0v) is 34.8. The van der Waals surface area contributed by atoms with Crippen LogP contribution in [0.4, 0.5) is 23.7 Å². The molecule has 3 saturated heterocycles. The van der Waals surface area contributed by atoms with Crippen LogP contribution < -0.4 is 10.6 Å². The van der Waals surface area contributed by atoms with E-state index in [0.717, 1.165) is 80.2 Å². The molecule has 1 aliphatic carbocycles. The fraction of sp³-hybridized carbons (Fsp3) is 0.561. The van der Waals surface area contributed by atoms with Crippen molar-refractivity contribution in [3.05, 3.63) is 59.2 Å². The summed E-state index contributed by atoms with van der Waals surface area (Å²) >= 11 is 0.658. The van der Waals surface area contributed by atoms with Crippen molar-refractivity contribution in [1.29, 1.82) is 5.26 Å². The summed E-state index contributed by atoms with van der Waals surface area (Å²) in [4.78, 5) is 70.2. The van der Waals surface area contributed by atoms with E-state index in [2.05, 4.69) is 34.3 Å². The number of rotatable bonds is 11. The SMILES string of the molecule is C[C@@H]1CN(CCCC2CCC(N3C(=O)N(Sc4ccc(C#N)c(C(F)(F)F)c4)C(=O)C3(C)C)CC2)C[C@H](C)N1CC(=O)Nc1ccc(C2CCC(=O)NC2=O)cc1.Cl. The molecular weight excluding hydrogens is 795 g/mol. The monoisotopic (exact) mass is 845 g/mol. The van der Waals surface area contributed by atoms with Crippen LogP contribution in [0.5, 0.6) is 0 Å². The van der Waals surface area contributed by atoms with Gasteiger partial charge >= 0.3 is 12.2 Å². The van der Waals surface area contributed by atoms with Crippen molar-refractivity contribution in [2.75, 3.05) is 31.5 Å². The molecule has 6 amide bonds. The number of nitriles is 1. The number of nitrogens with one attached hydrogen (secondary N) is 2. The highest BCUT2D eigenvalue weighted by molar-refractivity contribution is 7.98. The molecule has 2 aromatic rings. The van der Waals surface area contributed by atoms with Gasteiger partial charge in [-0.15, -0.1) is 12.4 Å². The van der Waals surface area contributed by atoms with Crippen LogP contribution in [0.25, 0.3) is 0 Å². The van der Waals surface area contributed by atoms with Gasteiger partial charge in [-0.3, -0.25) is 29.4 Å². The molecule has 314 valence electrons. The molecule has 6 rings (SSSR count). The molecule has 4 fully saturated rings. The summed E-state index contributed by atoms with van der Waals surface area (Å²) in [5.41, 5.74) is -1.32. The number of hydrogen-bond donors (Lipinski definition) is 2. The molecule has 17 heteroatoms. The van der Waals surface area contributed by atoms with Gasteiger partial charge in [-0.05, 0) is 133 Å². The van der Waals surface area contributed by atoms with Gasteiger partial charge < -0.3 is 15.1 Å². The van der Waals surface area contributed by atoms with Crippen molar-refractivity contribution in [3.8, 4) is 6.07 Å². The number of nitrogens with zero attached hydrogens (tertiary/aromatic N) is 5. The second kappa shape index (κ2) is 18.4. The lowest BCUT2D eigenvalue weighted by Gasteiger charge is -2.44. The van der Waals surface area contributed by atoms with E-state index in [-0.39, 0.29) is 65.6 Å². The minimum Gasteiger partial charge on any atom is -0.325 e. The standard InChI is InChI=1S/C41H50F3N7O5S.ClH/c1-25-22-48(23-26(2)49(25)24-36(53)46-30-12-9-28(10-13-30)33-17-18-35(52)47-37(33)54)19-5-6-27-7-14-31(15-8-27)50-39(56)51(38(55)40(50,3)4)57-32-16-11-29(21-45)34(20-32)41(42,43)44;/h9-13,16,20,25-27,31,33H,5-8,14-15,17-19,22-24H2,1-4H3,(H,46,53)(H,47,52,54);1H/t25-,26+,27?,31?,33?;. The first-order valence-corrected chi connectivity index (χ1v) is 20.4. The number of piperidine rings is 1. The van der Waals surface area contributed by atoms with Gasteiger partial charge in [0.15, 0.2) is 0 Å². The van der Waals surface area contributed by atoms with Gasteiger partial charge in [0.25, 0.3) is 5.91 Å². The van der Waals surface area contributed by atoms with Crippen molar-refractivity contribution in [2.45, 2.75) is 120 Å². The Labute approximate surface area is 347 Å². The molecule has 12 nitrogen and oxygen atoms in total. The highest BCUT2D eigenvalue weighted by Crippen LogP contribution is 2.43. The summed E-state index contributed by atoms with van der Waals surface area (Å²) in [6.07, 6.45) is 1.37. The zero-order chi connectivity index (χ0) is 41.2. The lowest BCUT2D eigenvalue weighted by Crippen LogP contribution is -2.58.